The first kappa shape index (κ1) is 12.2. The summed E-state index contributed by atoms with van der Waals surface area (Å²) in [6.45, 7) is 0.793. The number of hydrogen-bond acceptors (Lipinski definition) is 6. The molecule has 0 amide bonds. The molecule has 0 aliphatic heterocycles. The standard InChI is InChI=1S/C7H12O5S/c1-5(12-6(9)4-8)7(10)11-2-3-13/h5,8,13H,2-4H2,1H3. The van der Waals surface area contributed by atoms with E-state index >= 15 is 0 Å². The Morgan fingerprint density at radius 3 is 2.62 bits per heavy atom. The highest BCUT2D eigenvalue weighted by atomic mass is 32.1. The first-order valence-corrected chi connectivity index (χ1v) is 4.33. The van der Waals surface area contributed by atoms with Gasteiger partial charge in [-0.3, -0.25) is 0 Å². The fourth-order valence-electron chi connectivity index (χ4n) is 0.546. The average molecular weight is 208 g/mol. The van der Waals surface area contributed by atoms with Crippen LogP contribution in [0.5, 0.6) is 0 Å². The fourth-order valence-corrected chi connectivity index (χ4v) is 0.637. The van der Waals surface area contributed by atoms with E-state index in [4.69, 9.17) is 5.11 Å². The lowest BCUT2D eigenvalue weighted by Crippen LogP contribution is -2.27. The Labute approximate surface area is 81.4 Å². The molecule has 6 heteroatoms. The third-order valence-electron chi connectivity index (χ3n) is 1.10. The van der Waals surface area contributed by atoms with E-state index in [9.17, 15) is 9.59 Å². The normalized spacial score (nSPS) is 11.9. The van der Waals surface area contributed by atoms with Crippen molar-refractivity contribution < 1.29 is 24.2 Å². The summed E-state index contributed by atoms with van der Waals surface area (Å²) in [5.41, 5.74) is 0. The van der Waals surface area contributed by atoms with E-state index in [1.165, 1.54) is 6.92 Å². The van der Waals surface area contributed by atoms with Crippen molar-refractivity contribution in [1.82, 2.24) is 0 Å². The molecule has 0 rings (SSSR count). The molecule has 0 heterocycles. The van der Waals surface area contributed by atoms with Crippen LogP contribution in [-0.2, 0) is 19.1 Å². The number of carbonyl (C=O) groups is 2. The molecule has 5 nitrogen and oxygen atoms in total. The topological polar surface area (TPSA) is 72.8 Å². The molecule has 0 aromatic heterocycles. The van der Waals surface area contributed by atoms with Gasteiger partial charge in [0.15, 0.2) is 6.10 Å². The van der Waals surface area contributed by atoms with Crippen molar-refractivity contribution in [3.8, 4) is 0 Å². The lowest BCUT2D eigenvalue weighted by atomic mass is 10.4. The number of thiol groups is 1. The Hall–Kier alpha value is -0.750. The number of aliphatic hydroxyl groups is 1. The molecule has 0 fully saturated rings. The number of rotatable bonds is 5. The fraction of sp³-hybridized carbons (Fsp3) is 0.714. The maximum atomic E-state index is 10.9. The summed E-state index contributed by atoms with van der Waals surface area (Å²) in [6, 6.07) is 0. The Bertz CT molecular complexity index is 182. The number of ether oxygens (including phenoxy) is 2. The molecular formula is C7H12O5S. The largest absolute Gasteiger partial charge is 0.462 e. The highest BCUT2D eigenvalue weighted by Crippen LogP contribution is 1.95. The molecule has 1 unspecified atom stereocenters. The van der Waals surface area contributed by atoms with Crippen LogP contribution in [0, 0.1) is 0 Å². The van der Waals surface area contributed by atoms with E-state index in [2.05, 4.69) is 22.1 Å². The van der Waals surface area contributed by atoms with Crippen molar-refractivity contribution in [3.63, 3.8) is 0 Å². The van der Waals surface area contributed by atoms with Gasteiger partial charge in [-0.25, -0.2) is 9.59 Å². The second kappa shape index (κ2) is 6.73. The minimum absolute atomic E-state index is 0.170. The molecule has 0 spiro atoms. The Balaban J connectivity index is 3.75. The van der Waals surface area contributed by atoms with Gasteiger partial charge in [0.05, 0.1) is 0 Å². The van der Waals surface area contributed by atoms with Gasteiger partial charge in [0, 0.05) is 5.75 Å². The maximum Gasteiger partial charge on any atom is 0.347 e. The molecule has 0 radical (unpaired) electrons. The van der Waals surface area contributed by atoms with Crippen LogP contribution in [0.15, 0.2) is 0 Å². The third kappa shape index (κ3) is 5.48. The van der Waals surface area contributed by atoms with Crippen molar-refractivity contribution >= 4 is 24.6 Å². The van der Waals surface area contributed by atoms with Gasteiger partial charge in [-0.1, -0.05) is 0 Å². The van der Waals surface area contributed by atoms with Gasteiger partial charge in [0.2, 0.25) is 0 Å². The minimum Gasteiger partial charge on any atom is -0.462 e. The van der Waals surface area contributed by atoms with Crippen LogP contribution in [0.4, 0.5) is 0 Å². The summed E-state index contributed by atoms with van der Waals surface area (Å²) in [7, 11) is 0. The summed E-state index contributed by atoms with van der Waals surface area (Å²) in [6.07, 6.45) is -0.987. The monoisotopic (exact) mass is 208 g/mol. The Morgan fingerprint density at radius 1 is 1.54 bits per heavy atom. The Morgan fingerprint density at radius 2 is 2.15 bits per heavy atom. The molecule has 0 bridgehead atoms. The molecule has 0 saturated carbocycles. The van der Waals surface area contributed by atoms with E-state index in [1.807, 2.05) is 0 Å². The SMILES string of the molecule is CC(OC(=O)CO)C(=O)OCCS. The van der Waals surface area contributed by atoms with Gasteiger partial charge in [-0.05, 0) is 6.92 Å². The van der Waals surface area contributed by atoms with Crippen LogP contribution in [0.3, 0.4) is 0 Å². The highest BCUT2D eigenvalue weighted by Gasteiger charge is 2.18. The smallest absolute Gasteiger partial charge is 0.347 e. The molecule has 76 valence electrons. The lowest BCUT2D eigenvalue weighted by Gasteiger charge is -2.10. The van der Waals surface area contributed by atoms with Crippen molar-refractivity contribution in [2.75, 3.05) is 19.0 Å². The average Bonchev–Trinajstić information content (AvgIpc) is 2.13. The quantitative estimate of drug-likeness (QED) is 0.465. The molecule has 0 saturated heterocycles. The van der Waals surface area contributed by atoms with E-state index < -0.39 is 24.6 Å². The first-order chi connectivity index (χ1) is 6.11. The summed E-state index contributed by atoms with van der Waals surface area (Å²) in [5, 5.41) is 8.30. The van der Waals surface area contributed by atoms with Crippen LogP contribution in [0.1, 0.15) is 6.92 Å². The van der Waals surface area contributed by atoms with Gasteiger partial charge in [0.25, 0.3) is 0 Å². The van der Waals surface area contributed by atoms with E-state index in [-0.39, 0.29) is 6.61 Å². The summed E-state index contributed by atoms with van der Waals surface area (Å²) in [4.78, 5) is 21.4. The van der Waals surface area contributed by atoms with Crippen molar-refractivity contribution in [1.29, 1.82) is 0 Å². The predicted octanol–water partition coefficient (Wildman–Crippen LogP) is -0.617. The molecule has 0 aromatic carbocycles. The first-order valence-electron chi connectivity index (χ1n) is 3.69. The van der Waals surface area contributed by atoms with Crippen LogP contribution in [0.2, 0.25) is 0 Å². The molecule has 13 heavy (non-hydrogen) atoms. The van der Waals surface area contributed by atoms with Crippen molar-refractivity contribution in [2.24, 2.45) is 0 Å². The second-order valence-electron chi connectivity index (χ2n) is 2.18. The van der Waals surface area contributed by atoms with Gasteiger partial charge >= 0.3 is 11.9 Å². The number of aliphatic hydroxyl groups excluding tert-OH is 1. The molecular weight excluding hydrogens is 196 g/mol. The second-order valence-corrected chi connectivity index (χ2v) is 2.63. The molecule has 0 aliphatic rings. The molecule has 1 N–H and O–H groups in total. The van der Waals surface area contributed by atoms with Crippen molar-refractivity contribution in [3.05, 3.63) is 0 Å². The third-order valence-corrected chi connectivity index (χ3v) is 1.29. The van der Waals surface area contributed by atoms with Gasteiger partial charge in [-0.15, -0.1) is 0 Å². The van der Waals surface area contributed by atoms with E-state index in [0.717, 1.165) is 0 Å². The highest BCUT2D eigenvalue weighted by molar-refractivity contribution is 7.80. The summed E-state index contributed by atoms with van der Waals surface area (Å²) >= 11 is 3.83. The maximum absolute atomic E-state index is 10.9. The molecule has 1 atom stereocenters. The molecule has 0 aromatic rings. The zero-order valence-corrected chi connectivity index (χ0v) is 8.12. The van der Waals surface area contributed by atoms with Crippen LogP contribution >= 0.6 is 12.6 Å². The van der Waals surface area contributed by atoms with Gasteiger partial charge < -0.3 is 14.6 Å². The number of carbonyl (C=O) groups excluding carboxylic acids is 2. The summed E-state index contributed by atoms with van der Waals surface area (Å²) < 4.78 is 9.09. The number of esters is 2. The Kier molecular flexibility index (Phi) is 6.34. The molecule has 0 aliphatic carbocycles. The zero-order valence-electron chi connectivity index (χ0n) is 7.23. The van der Waals surface area contributed by atoms with Crippen LogP contribution in [-0.4, -0.2) is 42.1 Å². The van der Waals surface area contributed by atoms with Crippen molar-refractivity contribution in [2.45, 2.75) is 13.0 Å². The van der Waals surface area contributed by atoms with E-state index in [0.29, 0.717) is 5.75 Å². The number of hydrogen-bond donors (Lipinski definition) is 2. The summed E-state index contributed by atoms with van der Waals surface area (Å²) in [5.74, 6) is -1.09. The van der Waals surface area contributed by atoms with Crippen LogP contribution < -0.4 is 0 Å². The van der Waals surface area contributed by atoms with Gasteiger partial charge in [-0.2, -0.15) is 12.6 Å². The van der Waals surface area contributed by atoms with Gasteiger partial charge in [0.1, 0.15) is 13.2 Å². The van der Waals surface area contributed by atoms with Crippen LogP contribution in [0.25, 0.3) is 0 Å². The zero-order chi connectivity index (χ0) is 10.3. The lowest BCUT2D eigenvalue weighted by molar-refractivity contribution is -0.167. The predicted molar refractivity (Wildman–Crippen MR) is 47.5 cm³/mol. The van der Waals surface area contributed by atoms with E-state index in [1.54, 1.807) is 0 Å². The minimum atomic E-state index is -0.987.